The van der Waals surface area contributed by atoms with Crippen molar-refractivity contribution in [3.05, 3.63) is 83.6 Å². The highest BCUT2D eigenvalue weighted by Gasteiger charge is 2.30. The van der Waals surface area contributed by atoms with Crippen molar-refractivity contribution in [3.8, 4) is 11.3 Å². The van der Waals surface area contributed by atoms with Crippen LogP contribution in [0.5, 0.6) is 0 Å². The second-order valence-electron chi connectivity index (χ2n) is 6.50. The smallest absolute Gasteiger partial charge is 0.239 e. The maximum absolute atomic E-state index is 12.1. The number of carbonyl (C=O) groups is 1. The quantitative estimate of drug-likeness (QED) is 0.519. The summed E-state index contributed by atoms with van der Waals surface area (Å²) in [5.74, 6) is 1.35. The number of nitrogens with one attached hydrogen (secondary N) is 1. The number of benzene rings is 2. The van der Waals surface area contributed by atoms with E-state index >= 15 is 0 Å². The molecule has 0 spiro atoms. The molecule has 0 aliphatic carbocycles. The van der Waals surface area contributed by atoms with Crippen LogP contribution in [0.2, 0.25) is 0 Å². The van der Waals surface area contributed by atoms with Crippen LogP contribution in [0, 0.1) is 6.92 Å². The van der Waals surface area contributed by atoms with Gasteiger partial charge in [0.25, 0.3) is 0 Å². The number of rotatable bonds is 5. The van der Waals surface area contributed by atoms with Crippen LogP contribution in [0.4, 0.5) is 0 Å². The second-order valence-corrected chi connectivity index (χ2v) is 7.69. The number of carbonyl (C=O) groups excluding carboxylic acids is 1. The van der Waals surface area contributed by atoms with E-state index in [4.69, 9.17) is 4.42 Å². The Labute approximate surface area is 167 Å². The standard InChI is InChI=1S/C22H19N3O2S/c1-15-7-9-17(10-8-15)19-12-11-18(27-19)14-23-25-22-24-21(26)20(28-22)13-16-5-3-2-4-6-16/h2-12,14,20H,13H2,1H3,(H,24,25,26)/b23-14+. The Morgan fingerprint density at radius 3 is 2.64 bits per heavy atom. The van der Waals surface area contributed by atoms with Gasteiger partial charge in [0.15, 0.2) is 5.17 Å². The molecular formula is C22H19N3O2S. The van der Waals surface area contributed by atoms with Gasteiger partial charge in [-0.15, -0.1) is 5.10 Å². The van der Waals surface area contributed by atoms with E-state index in [0.717, 1.165) is 16.9 Å². The van der Waals surface area contributed by atoms with Crippen LogP contribution >= 0.6 is 11.8 Å². The number of furan rings is 1. The van der Waals surface area contributed by atoms with Gasteiger partial charge in [-0.1, -0.05) is 71.9 Å². The summed E-state index contributed by atoms with van der Waals surface area (Å²) < 4.78 is 5.78. The van der Waals surface area contributed by atoms with E-state index in [1.807, 2.05) is 73.7 Å². The van der Waals surface area contributed by atoms with E-state index in [0.29, 0.717) is 17.3 Å². The predicted molar refractivity (Wildman–Crippen MR) is 114 cm³/mol. The third-order valence-corrected chi connectivity index (χ3v) is 5.41. The molecule has 1 aliphatic rings. The first-order valence-electron chi connectivity index (χ1n) is 8.97. The lowest BCUT2D eigenvalue weighted by atomic mass is 10.1. The number of amidine groups is 1. The highest BCUT2D eigenvalue weighted by Crippen LogP contribution is 2.24. The van der Waals surface area contributed by atoms with Crippen molar-refractivity contribution in [2.24, 2.45) is 10.2 Å². The van der Waals surface area contributed by atoms with Gasteiger partial charge in [0, 0.05) is 5.56 Å². The molecule has 1 aromatic heterocycles. The fourth-order valence-electron chi connectivity index (χ4n) is 2.85. The van der Waals surface area contributed by atoms with E-state index < -0.39 is 0 Å². The SMILES string of the molecule is Cc1ccc(-c2ccc(/C=N/N=C3NC(=O)C(Cc4ccccc4)S3)o2)cc1. The number of aryl methyl sites for hydroxylation is 1. The first-order valence-corrected chi connectivity index (χ1v) is 9.85. The molecule has 1 aliphatic heterocycles. The van der Waals surface area contributed by atoms with E-state index in [1.165, 1.54) is 17.3 Å². The summed E-state index contributed by atoms with van der Waals surface area (Å²) in [4.78, 5) is 12.1. The zero-order valence-electron chi connectivity index (χ0n) is 15.3. The molecule has 3 aromatic rings. The van der Waals surface area contributed by atoms with Crippen molar-refractivity contribution in [2.75, 3.05) is 0 Å². The Hall–Kier alpha value is -3.12. The Kier molecular flexibility index (Phi) is 5.39. The Balaban J connectivity index is 1.38. The van der Waals surface area contributed by atoms with Gasteiger partial charge in [-0.05, 0) is 31.0 Å². The van der Waals surface area contributed by atoms with Crippen molar-refractivity contribution in [2.45, 2.75) is 18.6 Å². The van der Waals surface area contributed by atoms with Gasteiger partial charge in [0.05, 0.1) is 11.5 Å². The molecule has 2 aromatic carbocycles. The average molecular weight is 389 g/mol. The van der Waals surface area contributed by atoms with Crippen LogP contribution in [-0.2, 0) is 11.2 Å². The largest absolute Gasteiger partial charge is 0.455 e. The molecule has 5 nitrogen and oxygen atoms in total. The molecule has 140 valence electrons. The highest BCUT2D eigenvalue weighted by molar-refractivity contribution is 8.15. The maximum Gasteiger partial charge on any atom is 0.239 e. The Morgan fingerprint density at radius 2 is 1.86 bits per heavy atom. The fraction of sp³-hybridized carbons (Fsp3) is 0.136. The third kappa shape index (κ3) is 4.40. The summed E-state index contributed by atoms with van der Waals surface area (Å²) in [7, 11) is 0. The molecule has 0 saturated carbocycles. The van der Waals surface area contributed by atoms with E-state index in [9.17, 15) is 4.79 Å². The van der Waals surface area contributed by atoms with Gasteiger partial charge in [-0.3, -0.25) is 4.79 Å². The van der Waals surface area contributed by atoms with Crippen LogP contribution in [0.3, 0.4) is 0 Å². The minimum Gasteiger partial charge on any atom is -0.455 e. The molecule has 1 N–H and O–H groups in total. The maximum atomic E-state index is 12.1. The molecule has 1 fully saturated rings. The number of thioether (sulfide) groups is 1. The van der Waals surface area contributed by atoms with Crippen LogP contribution in [0.15, 0.2) is 81.4 Å². The minimum absolute atomic E-state index is 0.0394. The predicted octanol–water partition coefficient (Wildman–Crippen LogP) is 4.42. The van der Waals surface area contributed by atoms with Gasteiger partial charge in [0.2, 0.25) is 5.91 Å². The third-order valence-electron chi connectivity index (χ3n) is 4.34. The number of amides is 1. The molecule has 0 radical (unpaired) electrons. The molecule has 0 bridgehead atoms. The molecule has 6 heteroatoms. The van der Waals surface area contributed by atoms with E-state index in [1.54, 1.807) is 6.21 Å². The molecule has 1 atom stereocenters. The molecule has 4 rings (SSSR count). The monoisotopic (exact) mass is 389 g/mol. The van der Waals surface area contributed by atoms with Crippen molar-refractivity contribution >= 4 is 29.1 Å². The van der Waals surface area contributed by atoms with Gasteiger partial charge >= 0.3 is 0 Å². The summed E-state index contributed by atoms with van der Waals surface area (Å²) in [6.07, 6.45) is 2.21. The molecule has 28 heavy (non-hydrogen) atoms. The Bertz CT molecular complexity index is 1020. The summed E-state index contributed by atoms with van der Waals surface area (Å²) >= 11 is 1.40. The van der Waals surface area contributed by atoms with Gasteiger partial charge in [-0.25, -0.2) is 0 Å². The van der Waals surface area contributed by atoms with Crippen molar-refractivity contribution < 1.29 is 9.21 Å². The fourth-order valence-corrected chi connectivity index (χ4v) is 3.81. The van der Waals surface area contributed by atoms with Crippen LogP contribution < -0.4 is 5.32 Å². The lowest BCUT2D eigenvalue weighted by Crippen LogP contribution is -2.25. The number of hydrogen-bond acceptors (Lipinski definition) is 5. The van der Waals surface area contributed by atoms with E-state index in [2.05, 4.69) is 15.5 Å². The number of nitrogens with zero attached hydrogens (tertiary/aromatic N) is 2. The zero-order valence-corrected chi connectivity index (χ0v) is 16.1. The van der Waals surface area contributed by atoms with Crippen LogP contribution in [0.1, 0.15) is 16.9 Å². The summed E-state index contributed by atoms with van der Waals surface area (Å²) in [6, 6.07) is 21.8. The topological polar surface area (TPSA) is 67.0 Å². The van der Waals surface area contributed by atoms with Crippen molar-refractivity contribution in [3.63, 3.8) is 0 Å². The first kappa shape index (κ1) is 18.3. The molecule has 1 saturated heterocycles. The lowest BCUT2D eigenvalue weighted by Gasteiger charge is -2.04. The van der Waals surface area contributed by atoms with Crippen molar-refractivity contribution in [1.29, 1.82) is 0 Å². The summed E-state index contributed by atoms with van der Waals surface area (Å²) in [6.45, 7) is 2.05. The normalized spacial score (nSPS) is 18.1. The first-order chi connectivity index (χ1) is 13.7. The minimum atomic E-state index is -0.187. The molecular weight excluding hydrogens is 370 g/mol. The summed E-state index contributed by atoms with van der Waals surface area (Å²) in [5, 5.41) is 11.3. The van der Waals surface area contributed by atoms with E-state index in [-0.39, 0.29) is 11.2 Å². The van der Waals surface area contributed by atoms with Gasteiger partial charge < -0.3 is 9.73 Å². The molecule has 1 amide bonds. The average Bonchev–Trinajstić information content (AvgIpc) is 3.30. The second kappa shape index (κ2) is 8.27. The number of hydrogen-bond donors (Lipinski definition) is 1. The van der Waals surface area contributed by atoms with Crippen LogP contribution in [-0.4, -0.2) is 22.5 Å². The van der Waals surface area contributed by atoms with Gasteiger partial charge in [-0.2, -0.15) is 5.10 Å². The van der Waals surface area contributed by atoms with Gasteiger partial charge in [0.1, 0.15) is 11.5 Å². The molecule has 2 heterocycles. The van der Waals surface area contributed by atoms with Crippen molar-refractivity contribution in [1.82, 2.24) is 5.32 Å². The zero-order chi connectivity index (χ0) is 19.3. The lowest BCUT2D eigenvalue weighted by molar-refractivity contribution is -0.118. The molecule has 1 unspecified atom stereocenters. The highest BCUT2D eigenvalue weighted by atomic mass is 32.2. The summed E-state index contributed by atoms with van der Waals surface area (Å²) in [5.41, 5.74) is 3.34. The Morgan fingerprint density at radius 1 is 1.07 bits per heavy atom. The van der Waals surface area contributed by atoms with Crippen LogP contribution in [0.25, 0.3) is 11.3 Å².